The Balaban J connectivity index is 1.64. The molecule has 4 heteroatoms. The van der Waals surface area contributed by atoms with E-state index in [1.165, 1.54) is 16.7 Å². The first-order chi connectivity index (χ1) is 13.2. The average molecular weight is 379 g/mol. The first-order valence-corrected chi connectivity index (χ1v) is 9.73. The summed E-state index contributed by atoms with van der Waals surface area (Å²) in [6.07, 6.45) is 3.94. The Bertz CT molecular complexity index is 955. The highest BCUT2D eigenvalue weighted by molar-refractivity contribution is 6.31. The van der Waals surface area contributed by atoms with Crippen molar-refractivity contribution < 1.29 is 4.74 Å². The van der Waals surface area contributed by atoms with Crippen molar-refractivity contribution in [2.45, 2.75) is 26.4 Å². The van der Waals surface area contributed by atoms with Crippen LogP contribution in [-0.4, -0.2) is 18.1 Å². The number of aryl methyl sites for hydroxylation is 1. The normalized spacial score (nSPS) is 13.7. The van der Waals surface area contributed by atoms with Crippen LogP contribution in [0.4, 0.5) is 0 Å². The lowest BCUT2D eigenvalue weighted by Crippen LogP contribution is -2.16. The molecular weight excluding hydrogens is 356 g/mol. The molecule has 2 heterocycles. The van der Waals surface area contributed by atoms with Gasteiger partial charge in [0.25, 0.3) is 0 Å². The third-order valence-corrected chi connectivity index (χ3v) is 5.18. The zero-order valence-electron chi connectivity index (χ0n) is 15.5. The molecule has 0 unspecified atom stereocenters. The van der Waals surface area contributed by atoms with Gasteiger partial charge in [0.1, 0.15) is 12.4 Å². The topological polar surface area (TPSA) is 34.1 Å². The number of nitrogens with zero attached hydrogens (tertiary/aromatic N) is 1. The monoisotopic (exact) mass is 378 g/mol. The molecule has 0 saturated heterocycles. The van der Waals surface area contributed by atoms with Crippen LogP contribution >= 0.6 is 11.6 Å². The molecule has 1 aliphatic heterocycles. The maximum atomic E-state index is 6.30. The molecule has 0 radical (unpaired) electrons. The van der Waals surface area contributed by atoms with Gasteiger partial charge in [-0.1, -0.05) is 29.8 Å². The summed E-state index contributed by atoms with van der Waals surface area (Å²) in [5, 5.41) is 4.17. The fourth-order valence-electron chi connectivity index (χ4n) is 3.52. The van der Waals surface area contributed by atoms with E-state index in [1.807, 2.05) is 36.5 Å². The molecule has 1 aromatic heterocycles. The van der Waals surface area contributed by atoms with Gasteiger partial charge < -0.3 is 10.1 Å². The van der Waals surface area contributed by atoms with Gasteiger partial charge in [0.2, 0.25) is 0 Å². The molecule has 0 fully saturated rings. The Morgan fingerprint density at radius 3 is 2.70 bits per heavy atom. The van der Waals surface area contributed by atoms with Crippen LogP contribution in [0.2, 0.25) is 5.02 Å². The number of nitrogens with one attached hydrogen (secondary N) is 1. The van der Waals surface area contributed by atoms with E-state index in [1.54, 1.807) is 0 Å². The molecule has 4 rings (SSSR count). The third-order valence-electron chi connectivity index (χ3n) is 4.95. The van der Waals surface area contributed by atoms with Gasteiger partial charge in [0.05, 0.1) is 5.69 Å². The summed E-state index contributed by atoms with van der Waals surface area (Å²) in [6, 6.07) is 16.5. The first kappa shape index (κ1) is 18.0. The lowest BCUT2D eigenvalue weighted by molar-refractivity contribution is 0.302. The minimum atomic E-state index is 0.436. The molecule has 1 N–H and O–H groups in total. The molecule has 0 aliphatic carbocycles. The van der Waals surface area contributed by atoms with Crippen molar-refractivity contribution in [1.82, 2.24) is 10.3 Å². The number of pyridine rings is 1. The second-order valence-electron chi connectivity index (χ2n) is 6.99. The quantitative estimate of drug-likeness (QED) is 0.695. The zero-order valence-corrected chi connectivity index (χ0v) is 16.2. The second kappa shape index (κ2) is 8.12. The van der Waals surface area contributed by atoms with E-state index in [2.05, 4.69) is 35.4 Å². The summed E-state index contributed by atoms with van der Waals surface area (Å²) in [4.78, 5) is 4.38. The standard InChI is InChI=1S/C23H23ClN2O/c1-16-6-11-26-21(12-16)15-27-23-5-4-20(24)14-22(23)19-3-2-17-7-9-25-10-8-18(17)13-19/h2-6,11-14,25H,7-10,15H2,1H3. The van der Waals surface area contributed by atoms with Crippen LogP contribution in [0.15, 0.2) is 54.7 Å². The van der Waals surface area contributed by atoms with Crippen LogP contribution in [-0.2, 0) is 19.4 Å². The molecule has 2 aromatic carbocycles. The molecule has 0 amide bonds. The van der Waals surface area contributed by atoms with Crippen LogP contribution < -0.4 is 10.1 Å². The highest BCUT2D eigenvalue weighted by Crippen LogP contribution is 2.34. The minimum Gasteiger partial charge on any atom is -0.487 e. The van der Waals surface area contributed by atoms with Gasteiger partial charge in [0.15, 0.2) is 0 Å². The smallest absolute Gasteiger partial charge is 0.130 e. The Morgan fingerprint density at radius 1 is 1.00 bits per heavy atom. The predicted molar refractivity (Wildman–Crippen MR) is 110 cm³/mol. The van der Waals surface area contributed by atoms with E-state index in [0.717, 1.165) is 48.5 Å². The van der Waals surface area contributed by atoms with Crippen LogP contribution in [0.25, 0.3) is 11.1 Å². The van der Waals surface area contributed by atoms with Crippen molar-refractivity contribution in [2.75, 3.05) is 13.1 Å². The molecule has 0 atom stereocenters. The van der Waals surface area contributed by atoms with E-state index in [-0.39, 0.29) is 0 Å². The Labute approximate surface area is 165 Å². The highest BCUT2D eigenvalue weighted by atomic mass is 35.5. The van der Waals surface area contributed by atoms with Gasteiger partial charge in [-0.05, 0) is 85.4 Å². The van der Waals surface area contributed by atoms with Gasteiger partial charge in [0, 0.05) is 16.8 Å². The van der Waals surface area contributed by atoms with E-state index in [9.17, 15) is 0 Å². The number of rotatable bonds is 4. The Hall–Kier alpha value is -2.36. The summed E-state index contributed by atoms with van der Waals surface area (Å²) in [6.45, 7) is 4.56. The van der Waals surface area contributed by atoms with E-state index in [4.69, 9.17) is 16.3 Å². The van der Waals surface area contributed by atoms with Crippen LogP contribution in [0.5, 0.6) is 5.75 Å². The van der Waals surface area contributed by atoms with Gasteiger partial charge >= 0.3 is 0 Å². The number of ether oxygens (including phenoxy) is 1. The average Bonchev–Trinajstić information content (AvgIpc) is 2.92. The van der Waals surface area contributed by atoms with Gasteiger partial charge in [-0.15, -0.1) is 0 Å². The Morgan fingerprint density at radius 2 is 1.85 bits per heavy atom. The number of halogens is 1. The summed E-state index contributed by atoms with van der Waals surface area (Å²) < 4.78 is 6.12. The first-order valence-electron chi connectivity index (χ1n) is 9.36. The van der Waals surface area contributed by atoms with Crippen LogP contribution in [0, 0.1) is 6.92 Å². The fraction of sp³-hybridized carbons (Fsp3) is 0.261. The van der Waals surface area contributed by atoms with Crippen molar-refractivity contribution in [3.8, 4) is 16.9 Å². The number of aromatic nitrogens is 1. The number of fused-ring (bicyclic) bond motifs is 1. The van der Waals surface area contributed by atoms with E-state index >= 15 is 0 Å². The van der Waals surface area contributed by atoms with Gasteiger partial charge in [-0.2, -0.15) is 0 Å². The minimum absolute atomic E-state index is 0.436. The van der Waals surface area contributed by atoms with Crippen LogP contribution in [0.1, 0.15) is 22.4 Å². The molecule has 138 valence electrons. The number of hydrogen-bond donors (Lipinski definition) is 1. The van der Waals surface area contributed by atoms with Gasteiger partial charge in [-0.25, -0.2) is 0 Å². The molecular formula is C23H23ClN2O. The highest BCUT2D eigenvalue weighted by Gasteiger charge is 2.13. The fourth-order valence-corrected chi connectivity index (χ4v) is 3.70. The maximum absolute atomic E-state index is 6.30. The lowest BCUT2D eigenvalue weighted by Gasteiger charge is -2.14. The molecule has 0 bridgehead atoms. The molecule has 1 aliphatic rings. The number of hydrogen-bond acceptors (Lipinski definition) is 3. The zero-order chi connectivity index (χ0) is 18.6. The molecule has 0 spiro atoms. The van der Waals surface area contributed by atoms with Gasteiger partial charge in [-0.3, -0.25) is 4.98 Å². The van der Waals surface area contributed by atoms with Crippen molar-refractivity contribution in [3.63, 3.8) is 0 Å². The van der Waals surface area contributed by atoms with Crippen molar-refractivity contribution >= 4 is 11.6 Å². The van der Waals surface area contributed by atoms with Crippen molar-refractivity contribution in [1.29, 1.82) is 0 Å². The second-order valence-corrected chi connectivity index (χ2v) is 7.42. The summed E-state index contributed by atoms with van der Waals surface area (Å²) in [7, 11) is 0. The SMILES string of the molecule is Cc1ccnc(COc2ccc(Cl)cc2-c2ccc3c(c2)CCNCC3)c1. The van der Waals surface area contributed by atoms with Crippen molar-refractivity contribution in [2.24, 2.45) is 0 Å². The summed E-state index contributed by atoms with van der Waals surface area (Å²) >= 11 is 6.30. The predicted octanol–water partition coefficient (Wildman–Crippen LogP) is 4.98. The lowest BCUT2D eigenvalue weighted by atomic mass is 9.96. The molecule has 27 heavy (non-hydrogen) atoms. The van der Waals surface area contributed by atoms with E-state index in [0.29, 0.717) is 11.6 Å². The molecule has 3 nitrogen and oxygen atoms in total. The third kappa shape index (κ3) is 4.32. The summed E-state index contributed by atoms with van der Waals surface area (Å²) in [5.41, 5.74) is 7.10. The molecule has 3 aromatic rings. The van der Waals surface area contributed by atoms with Crippen molar-refractivity contribution in [3.05, 3.63) is 82.1 Å². The number of benzene rings is 2. The maximum Gasteiger partial charge on any atom is 0.130 e. The Kier molecular flexibility index (Phi) is 5.42. The van der Waals surface area contributed by atoms with Crippen LogP contribution in [0.3, 0.4) is 0 Å². The largest absolute Gasteiger partial charge is 0.487 e. The van der Waals surface area contributed by atoms with E-state index < -0.39 is 0 Å². The molecule has 0 saturated carbocycles. The summed E-state index contributed by atoms with van der Waals surface area (Å²) in [5.74, 6) is 0.828.